The van der Waals surface area contributed by atoms with Crippen molar-refractivity contribution in [2.75, 3.05) is 10.2 Å². The van der Waals surface area contributed by atoms with Crippen LogP contribution in [0.4, 0.5) is 29.3 Å². The van der Waals surface area contributed by atoms with E-state index in [1.165, 1.54) is 37.2 Å². The molecule has 1 N–H and O–H groups in total. The maximum Gasteiger partial charge on any atom is 0.501 e. The number of urea groups is 1. The lowest BCUT2D eigenvalue weighted by Crippen LogP contribution is -2.44. The fourth-order valence-corrected chi connectivity index (χ4v) is 4.65. The van der Waals surface area contributed by atoms with Crippen molar-refractivity contribution in [1.82, 2.24) is 9.88 Å². The zero-order valence-electron chi connectivity index (χ0n) is 20.1. The number of para-hydroxylation sites is 1. The van der Waals surface area contributed by atoms with Gasteiger partial charge in [0.25, 0.3) is 21.7 Å². The van der Waals surface area contributed by atoms with E-state index >= 15 is 0 Å². The van der Waals surface area contributed by atoms with Gasteiger partial charge in [0.1, 0.15) is 5.54 Å². The SMILES string of the molecule is CC1(C)C(=O)N(c2ccc(S(=O)(=O)C(F)(F)F)cc2)C(=O)N1Cc1ccncc1C(=O)Nc1ccccc1. The Morgan fingerprint density at radius 2 is 1.63 bits per heavy atom. The van der Waals surface area contributed by atoms with E-state index in [1.54, 1.807) is 30.3 Å². The molecule has 13 heteroatoms. The molecule has 0 radical (unpaired) electrons. The van der Waals surface area contributed by atoms with Crippen molar-refractivity contribution in [3.63, 3.8) is 0 Å². The molecule has 198 valence electrons. The van der Waals surface area contributed by atoms with Crippen molar-refractivity contribution < 1.29 is 36.0 Å². The molecule has 3 aromatic rings. The van der Waals surface area contributed by atoms with Gasteiger partial charge in [0.2, 0.25) is 0 Å². The first kappa shape index (κ1) is 26.8. The Morgan fingerprint density at radius 3 is 2.24 bits per heavy atom. The third-order valence-electron chi connectivity index (χ3n) is 6.05. The summed E-state index contributed by atoms with van der Waals surface area (Å²) in [5, 5.41) is 2.74. The number of hydrogen-bond donors (Lipinski definition) is 1. The molecular formula is C25H21F3N4O5S. The highest BCUT2D eigenvalue weighted by molar-refractivity contribution is 7.92. The zero-order chi connectivity index (χ0) is 27.9. The quantitative estimate of drug-likeness (QED) is 0.459. The fraction of sp³-hybridized carbons (Fsp3) is 0.200. The van der Waals surface area contributed by atoms with Gasteiger partial charge in [-0.3, -0.25) is 14.6 Å². The lowest BCUT2D eigenvalue weighted by atomic mass is 10.0. The first-order valence-electron chi connectivity index (χ1n) is 11.1. The van der Waals surface area contributed by atoms with E-state index in [9.17, 15) is 36.0 Å². The number of benzene rings is 2. The second kappa shape index (κ2) is 9.56. The van der Waals surface area contributed by atoms with E-state index in [1.807, 2.05) is 0 Å². The number of aromatic nitrogens is 1. The van der Waals surface area contributed by atoms with Gasteiger partial charge in [-0.15, -0.1) is 0 Å². The summed E-state index contributed by atoms with van der Waals surface area (Å²) in [7, 11) is -5.60. The first-order valence-corrected chi connectivity index (χ1v) is 12.6. The van der Waals surface area contributed by atoms with E-state index in [0.29, 0.717) is 23.4 Å². The second-order valence-corrected chi connectivity index (χ2v) is 10.8. The molecule has 0 bridgehead atoms. The minimum Gasteiger partial charge on any atom is -0.322 e. The van der Waals surface area contributed by atoms with Crippen molar-refractivity contribution in [3.8, 4) is 0 Å². The lowest BCUT2D eigenvalue weighted by molar-refractivity contribution is -0.123. The predicted molar refractivity (Wildman–Crippen MR) is 131 cm³/mol. The molecule has 0 atom stereocenters. The van der Waals surface area contributed by atoms with Crippen LogP contribution in [0.2, 0.25) is 0 Å². The van der Waals surface area contributed by atoms with Crippen LogP contribution in [-0.4, -0.2) is 47.2 Å². The molecule has 1 aliphatic rings. The summed E-state index contributed by atoms with van der Waals surface area (Å²) in [5.74, 6) is -1.16. The molecule has 1 aliphatic heterocycles. The van der Waals surface area contributed by atoms with E-state index < -0.39 is 43.6 Å². The van der Waals surface area contributed by atoms with Crippen LogP contribution in [0.3, 0.4) is 0 Å². The van der Waals surface area contributed by atoms with E-state index in [4.69, 9.17) is 0 Å². The number of rotatable bonds is 6. The molecule has 0 unspecified atom stereocenters. The van der Waals surface area contributed by atoms with Crippen molar-refractivity contribution in [1.29, 1.82) is 0 Å². The van der Waals surface area contributed by atoms with Gasteiger partial charge >= 0.3 is 11.5 Å². The summed E-state index contributed by atoms with van der Waals surface area (Å²) >= 11 is 0. The summed E-state index contributed by atoms with van der Waals surface area (Å²) in [5.41, 5.74) is -5.88. The molecule has 0 saturated carbocycles. The third kappa shape index (κ3) is 4.72. The summed E-state index contributed by atoms with van der Waals surface area (Å²) in [4.78, 5) is 44.4. The number of sulfone groups is 1. The number of nitrogens with one attached hydrogen (secondary N) is 1. The van der Waals surface area contributed by atoms with E-state index in [0.717, 1.165) is 17.0 Å². The third-order valence-corrected chi connectivity index (χ3v) is 7.55. The Morgan fingerprint density at radius 1 is 1.00 bits per heavy atom. The number of imide groups is 1. The van der Waals surface area contributed by atoms with Crippen LogP contribution >= 0.6 is 0 Å². The number of halogens is 3. The second-order valence-electron chi connectivity index (χ2n) is 8.86. The van der Waals surface area contributed by atoms with Crippen LogP contribution in [0.25, 0.3) is 0 Å². The monoisotopic (exact) mass is 546 g/mol. The Labute approximate surface area is 215 Å². The number of nitrogens with zero attached hydrogens (tertiary/aromatic N) is 3. The molecule has 4 amide bonds. The van der Waals surface area contributed by atoms with Gasteiger partial charge in [-0.25, -0.2) is 18.1 Å². The minimum absolute atomic E-state index is 0.103. The van der Waals surface area contributed by atoms with Gasteiger partial charge < -0.3 is 10.2 Å². The van der Waals surface area contributed by atoms with Crippen molar-refractivity contribution in [2.45, 2.75) is 36.3 Å². The highest BCUT2D eigenvalue weighted by atomic mass is 32.2. The molecule has 2 heterocycles. The number of hydrogen-bond acceptors (Lipinski definition) is 6. The lowest BCUT2D eigenvalue weighted by Gasteiger charge is -2.28. The summed E-state index contributed by atoms with van der Waals surface area (Å²) in [6, 6.07) is 12.7. The molecule has 1 aromatic heterocycles. The van der Waals surface area contributed by atoms with Crippen LogP contribution in [0.15, 0.2) is 78.0 Å². The van der Waals surface area contributed by atoms with Gasteiger partial charge in [0.05, 0.1) is 16.1 Å². The highest BCUT2D eigenvalue weighted by Gasteiger charge is 2.52. The number of anilines is 2. The summed E-state index contributed by atoms with van der Waals surface area (Å²) < 4.78 is 61.9. The molecule has 4 rings (SSSR count). The average Bonchev–Trinajstić information content (AvgIpc) is 3.03. The van der Waals surface area contributed by atoms with Gasteiger partial charge in [-0.2, -0.15) is 13.2 Å². The van der Waals surface area contributed by atoms with Crippen LogP contribution in [0, 0.1) is 0 Å². The van der Waals surface area contributed by atoms with Crippen molar-refractivity contribution >= 4 is 39.1 Å². The van der Waals surface area contributed by atoms with Crippen molar-refractivity contribution in [3.05, 3.63) is 84.2 Å². The number of alkyl halides is 3. The van der Waals surface area contributed by atoms with E-state index in [2.05, 4.69) is 10.3 Å². The minimum atomic E-state index is -5.60. The Balaban J connectivity index is 1.62. The van der Waals surface area contributed by atoms with Crippen LogP contribution in [-0.2, 0) is 21.2 Å². The highest BCUT2D eigenvalue weighted by Crippen LogP contribution is 2.36. The van der Waals surface area contributed by atoms with Gasteiger partial charge in [0, 0.05) is 24.6 Å². The molecule has 9 nitrogen and oxygen atoms in total. The first-order chi connectivity index (χ1) is 17.7. The Hall–Kier alpha value is -4.26. The molecule has 1 fully saturated rings. The van der Waals surface area contributed by atoms with Crippen LogP contribution in [0.1, 0.15) is 29.8 Å². The van der Waals surface area contributed by atoms with Crippen LogP contribution < -0.4 is 10.2 Å². The van der Waals surface area contributed by atoms with Gasteiger partial charge in [0.15, 0.2) is 0 Å². The Kier molecular flexibility index (Phi) is 6.74. The zero-order valence-corrected chi connectivity index (χ0v) is 20.9. The maximum atomic E-state index is 13.4. The summed E-state index contributed by atoms with van der Waals surface area (Å²) in [6.07, 6.45) is 2.77. The predicted octanol–water partition coefficient (Wildman–Crippen LogP) is 4.37. The number of carbonyl (C=O) groups excluding carboxylic acids is 3. The molecule has 0 aliphatic carbocycles. The van der Waals surface area contributed by atoms with Crippen molar-refractivity contribution in [2.24, 2.45) is 0 Å². The topological polar surface area (TPSA) is 117 Å². The molecule has 2 aromatic carbocycles. The fourth-order valence-electron chi connectivity index (χ4n) is 3.89. The Bertz CT molecular complexity index is 1510. The largest absolute Gasteiger partial charge is 0.501 e. The molecular weight excluding hydrogens is 525 g/mol. The number of carbonyl (C=O) groups is 3. The van der Waals surface area contributed by atoms with Gasteiger partial charge in [-0.05, 0) is 61.9 Å². The number of amides is 4. The smallest absolute Gasteiger partial charge is 0.322 e. The molecule has 0 spiro atoms. The molecule has 38 heavy (non-hydrogen) atoms. The van der Waals surface area contributed by atoms with Crippen LogP contribution in [0.5, 0.6) is 0 Å². The van der Waals surface area contributed by atoms with E-state index in [-0.39, 0.29) is 17.8 Å². The standard InChI is InChI=1S/C25H21F3N4O5S/c1-24(2)22(34)32(18-8-10-19(11-9-18)38(36,37)25(26,27)28)23(35)31(24)15-16-12-13-29-14-20(16)21(33)30-17-6-4-3-5-7-17/h3-14H,15H2,1-2H3,(H,30,33). The number of pyridine rings is 1. The normalized spacial score (nSPS) is 15.6. The molecule has 1 saturated heterocycles. The van der Waals surface area contributed by atoms with Gasteiger partial charge in [-0.1, -0.05) is 18.2 Å². The average molecular weight is 547 g/mol. The summed E-state index contributed by atoms with van der Waals surface area (Å²) in [6.45, 7) is 2.82. The maximum absolute atomic E-state index is 13.4.